The first-order chi connectivity index (χ1) is 9.06. The molecule has 1 aromatic heterocycles. The number of hydrogen-bond donors (Lipinski definition) is 2. The van der Waals surface area contributed by atoms with E-state index < -0.39 is 5.97 Å². The molecule has 0 fully saturated rings. The highest BCUT2D eigenvalue weighted by atomic mass is 32.1. The Kier molecular flexibility index (Phi) is 5.78. The van der Waals surface area contributed by atoms with Gasteiger partial charge in [-0.2, -0.15) is 0 Å². The molecular weight excluding hydrogens is 268 g/mol. The van der Waals surface area contributed by atoms with Crippen LogP contribution in [0.15, 0.2) is 0 Å². The van der Waals surface area contributed by atoms with Crippen molar-refractivity contribution in [1.29, 1.82) is 0 Å². The number of hydrogen-bond acceptors (Lipinski definition) is 7. The van der Waals surface area contributed by atoms with Crippen molar-refractivity contribution in [2.24, 2.45) is 0 Å². The van der Waals surface area contributed by atoms with Gasteiger partial charge in [0.25, 0.3) is 0 Å². The molecule has 1 aromatic rings. The molecule has 0 aliphatic heterocycles. The molecule has 19 heavy (non-hydrogen) atoms. The molecule has 0 aliphatic rings. The van der Waals surface area contributed by atoms with Crippen LogP contribution in [0.25, 0.3) is 0 Å². The molecule has 0 unspecified atom stereocenters. The highest BCUT2D eigenvalue weighted by molar-refractivity contribution is 7.19. The second-order valence-electron chi connectivity index (χ2n) is 3.74. The fourth-order valence-corrected chi connectivity index (χ4v) is 2.65. The Labute approximate surface area is 115 Å². The number of Topliss-reactive ketones (excluding diaryl/α,β-unsaturated/α-hetero) is 1. The number of carbonyl (C=O) groups is 2. The van der Waals surface area contributed by atoms with Gasteiger partial charge in [0.15, 0.2) is 5.78 Å². The van der Waals surface area contributed by atoms with Gasteiger partial charge in [0.1, 0.15) is 10.6 Å². The zero-order chi connectivity index (χ0) is 14.4. The predicted molar refractivity (Wildman–Crippen MR) is 75.1 cm³/mol. The van der Waals surface area contributed by atoms with E-state index in [4.69, 9.17) is 15.2 Å². The van der Waals surface area contributed by atoms with Crippen LogP contribution in [0.5, 0.6) is 0 Å². The van der Waals surface area contributed by atoms with Crippen LogP contribution < -0.4 is 11.1 Å². The monoisotopic (exact) mass is 286 g/mol. The van der Waals surface area contributed by atoms with Crippen molar-refractivity contribution in [2.45, 2.75) is 13.3 Å². The van der Waals surface area contributed by atoms with Gasteiger partial charge in [0.05, 0.1) is 24.3 Å². The SMILES string of the molecule is CCC(=O)c1sc(NCCOC)c(C(=O)OC)c1N. The van der Waals surface area contributed by atoms with Gasteiger partial charge < -0.3 is 20.5 Å². The van der Waals surface area contributed by atoms with E-state index in [1.807, 2.05) is 0 Å². The van der Waals surface area contributed by atoms with E-state index in [9.17, 15) is 9.59 Å². The smallest absolute Gasteiger partial charge is 0.343 e. The molecule has 0 atom stereocenters. The molecule has 0 saturated carbocycles. The lowest BCUT2D eigenvalue weighted by Crippen LogP contribution is -2.11. The summed E-state index contributed by atoms with van der Waals surface area (Å²) in [7, 11) is 2.86. The van der Waals surface area contributed by atoms with E-state index in [1.54, 1.807) is 14.0 Å². The summed E-state index contributed by atoms with van der Waals surface area (Å²) in [5, 5.41) is 3.57. The molecule has 0 saturated heterocycles. The maximum atomic E-state index is 11.8. The molecule has 106 valence electrons. The molecule has 0 spiro atoms. The maximum absolute atomic E-state index is 11.8. The number of methoxy groups -OCH3 is 2. The number of carbonyl (C=O) groups excluding carboxylic acids is 2. The Morgan fingerprint density at radius 1 is 1.37 bits per heavy atom. The van der Waals surface area contributed by atoms with Gasteiger partial charge in [-0.05, 0) is 0 Å². The first-order valence-corrected chi connectivity index (χ1v) is 6.65. The fraction of sp³-hybridized carbons (Fsp3) is 0.500. The third-order valence-corrected chi connectivity index (χ3v) is 3.71. The van der Waals surface area contributed by atoms with Crippen molar-refractivity contribution in [1.82, 2.24) is 0 Å². The standard InChI is InChI=1S/C12H18N2O4S/c1-4-7(15)10-9(13)8(12(16)18-3)11(19-10)14-5-6-17-2/h14H,4-6,13H2,1-3H3. The number of anilines is 2. The first-order valence-electron chi connectivity index (χ1n) is 5.83. The number of esters is 1. The van der Waals surface area contributed by atoms with Crippen molar-refractivity contribution >= 4 is 33.8 Å². The third-order valence-electron chi connectivity index (χ3n) is 2.50. The topological polar surface area (TPSA) is 90.6 Å². The average molecular weight is 286 g/mol. The number of rotatable bonds is 7. The van der Waals surface area contributed by atoms with Crippen molar-refractivity contribution < 1.29 is 19.1 Å². The third kappa shape index (κ3) is 3.45. The fourth-order valence-electron chi connectivity index (χ4n) is 1.51. The minimum atomic E-state index is -0.552. The van der Waals surface area contributed by atoms with Crippen LogP contribution in [0.2, 0.25) is 0 Å². The molecule has 0 aliphatic carbocycles. The Balaban J connectivity index is 3.12. The molecule has 7 heteroatoms. The van der Waals surface area contributed by atoms with Crippen molar-refractivity contribution in [2.75, 3.05) is 38.4 Å². The Morgan fingerprint density at radius 3 is 2.58 bits per heavy atom. The zero-order valence-corrected chi connectivity index (χ0v) is 12.1. The highest BCUT2D eigenvalue weighted by Gasteiger charge is 2.25. The van der Waals surface area contributed by atoms with Gasteiger partial charge >= 0.3 is 5.97 Å². The summed E-state index contributed by atoms with van der Waals surface area (Å²) in [6.45, 7) is 2.74. The van der Waals surface area contributed by atoms with E-state index in [2.05, 4.69) is 5.32 Å². The van der Waals surface area contributed by atoms with Gasteiger partial charge in [0, 0.05) is 20.1 Å². The molecule has 3 N–H and O–H groups in total. The Bertz CT molecular complexity index is 471. The number of nitrogen functional groups attached to an aromatic ring is 1. The highest BCUT2D eigenvalue weighted by Crippen LogP contribution is 2.36. The second-order valence-corrected chi connectivity index (χ2v) is 4.76. The van der Waals surface area contributed by atoms with E-state index in [1.165, 1.54) is 18.4 Å². The van der Waals surface area contributed by atoms with Gasteiger partial charge in [0.2, 0.25) is 0 Å². The Hall–Kier alpha value is -1.60. The van der Waals surface area contributed by atoms with E-state index in [0.717, 1.165) is 0 Å². The van der Waals surface area contributed by atoms with E-state index in [-0.39, 0.29) is 17.0 Å². The number of nitrogens with one attached hydrogen (secondary N) is 1. The van der Waals surface area contributed by atoms with Crippen LogP contribution in [0.4, 0.5) is 10.7 Å². The number of ketones is 1. The van der Waals surface area contributed by atoms with Crippen LogP contribution in [0.3, 0.4) is 0 Å². The average Bonchev–Trinajstić information content (AvgIpc) is 2.74. The molecule has 1 rings (SSSR count). The lowest BCUT2D eigenvalue weighted by Gasteiger charge is -2.05. The number of thiophene rings is 1. The zero-order valence-electron chi connectivity index (χ0n) is 11.2. The van der Waals surface area contributed by atoms with Gasteiger partial charge in [-0.1, -0.05) is 6.92 Å². The van der Waals surface area contributed by atoms with Crippen molar-refractivity contribution in [3.05, 3.63) is 10.4 Å². The number of nitrogens with two attached hydrogens (primary N) is 1. The van der Waals surface area contributed by atoms with Crippen LogP contribution >= 0.6 is 11.3 Å². The molecule has 6 nitrogen and oxygen atoms in total. The van der Waals surface area contributed by atoms with Crippen molar-refractivity contribution in [3.8, 4) is 0 Å². The predicted octanol–water partition coefficient (Wildman–Crippen LogP) is 1.77. The molecule has 0 amide bonds. The lowest BCUT2D eigenvalue weighted by atomic mass is 10.2. The summed E-state index contributed by atoms with van der Waals surface area (Å²) in [6, 6.07) is 0. The van der Waals surface area contributed by atoms with E-state index >= 15 is 0 Å². The van der Waals surface area contributed by atoms with Crippen molar-refractivity contribution in [3.63, 3.8) is 0 Å². The van der Waals surface area contributed by atoms with Crippen LogP contribution in [0.1, 0.15) is 33.4 Å². The molecule has 0 radical (unpaired) electrons. The number of ether oxygens (including phenoxy) is 2. The summed E-state index contributed by atoms with van der Waals surface area (Å²) in [4.78, 5) is 23.9. The molecule has 0 aromatic carbocycles. The summed E-state index contributed by atoms with van der Waals surface area (Å²) in [5.41, 5.74) is 6.29. The summed E-state index contributed by atoms with van der Waals surface area (Å²) in [5.74, 6) is -0.642. The first kappa shape index (κ1) is 15.5. The summed E-state index contributed by atoms with van der Waals surface area (Å²) >= 11 is 1.17. The minimum absolute atomic E-state index is 0.0903. The molecule has 1 heterocycles. The summed E-state index contributed by atoms with van der Waals surface area (Å²) in [6.07, 6.45) is 0.336. The Morgan fingerprint density at radius 2 is 2.05 bits per heavy atom. The maximum Gasteiger partial charge on any atom is 0.343 e. The molecule has 0 bridgehead atoms. The van der Waals surface area contributed by atoms with Gasteiger partial charge in [-0.3, -0.25) is 4.79 Å². The van der Waals surface area contributed by atoms with Crippen LogP contribution in [-0.4, -0.2) is 39.1 Å². The summed E-state index contributed by atoms with van der Waals surface area (Å²) < 4.78 is 9.62. The van der Waals surface area contributed by atoms with Gasteiger partial charge in [-0.15, -0.1) is 11.3 Å². The quantitative estimate of drug-likeness (QED) is 0.451. The van der Waals surface area contributed by atoms with Crippen LogP contribution in [-0.2, 0) is 9.47 Å². The second kappa shape index (κ2) is 7.10. The normalized spacial score (nSPS) is 10.3. The van der Waals surface area contributed by atoms with Crippen LogP contribution in [0, 0.1) is 0 Å². The largest absolute Gasteiger partial charge is 0.465 e. The van der Waals surface area contributed by atoms with Gasteiger partial charge in [-0.25, -0.2) is 4.79 Å². The van der Waals surface area contributed by atoms with E-state index in [0.29, 0.717) is 29.5 Å². The molecular formula is C12H18N2O4S. The minimum Gasteiger partial charge on any atom is -0.465 e. The lowest BCUT2D eigenvalue weighted by molar-refractivity contribution is 0.0603.